The van der Waals surface area contributed by atoms with Crippen LogP contribution in [0.25, 0.3) is 0 Å². The van der Waals surface area contributed by atoms with Crippen LogP contribution in [0, 0.1) is 5.92 Å². The van der Waals surface area contributed by atoms with Gasteiger partial charge in [0.2, 0.25) is 0 Å². The standard InChI is InChI=1S/C22H28N2O2/c1-18-14-24(21(25)26-16-20-10-6-3-7-11-20)22(18)12-13-23(17-22)15-19-8-4-2-5-9-19/h2,4-6,8-11,18H,3,7,12-17H2,1H3/t18-,22-/m0/s1. The Morgan fingerprint density at radius 1 is 1.27 bits per heavy atom. The fraction of sp³-hybridized carbons (Fsp3) is 0.500. The summed E-state index contributed by atoms with van der Waals surface area (Å²) >= 11 is 0. The predicted molar refractivity (Wildman–Crippen MR) is 103 cm³/mol. The van der Waals surface area contributed by atoms with E-state index in [1.165, 1.54) is 5.56 Å². The fourth-order valence-electron chi connectivity index (χ4n) is 4.53. The first-order chi connectivity index (χ1) is 12.7. The quantitative estimate of drug-likeness (QED) is 0.821. The van der Waals surface area contributed by atoms with Crippen LogP contribution in [-0.2, 0) is 11.3 Å². The number of carbonyl (C=O) groups is 1. The minimum Gasteiger partial charge on any atom is -0.445 e. The van der Waals surface area contributed by atoms with Crippen LogP contribution in [0.1, 0.15) is 31.7 Å². The topological polar surface area (TPSA) is 32.8 Å². The highest BCUT2D eigenvalue weighted by Gasteiger charge is 2.57. The van der Waals surface area contributed by atoms with Crippen molar-refractivity contribution in [3.8, 4) is 0 Å². The van der Waals surface area contributed by atoms with Gasteiger partial charge in [0.1, 0.15) is 6.61 Å². The van der Waals surface area contributed by atoms with Gasteiger partial charge in [0.05, 0.1) is 5.54 Å². The molecule has 2 saturated heterocycles. The van der Waals surface area contributed by atoms with E-state index in [9.17, 15) is 4.79 Å². The molecule has 4 nitrogen and oxygen atoms in total. The molecule has 1 aromatic carbocycles. The Morgan fingerprint density at radius 3 is 2.85 bits per heavy atom. The highest BCUT2D eigenvalue weighted by Crippen LogP contribution is 2.44. The van der Waals surface area contributed by atoms with Gasteiger partial charge in [-0.05, 0) is 36.3 Å². The van der Waals surface area contributed by atoms with Gasteiger partial charge in [-0.15, -0.1) is 0 Å². The molecule has 0 aromatic heterocycles. The molecule has 2 heterocycles. The van der Waals surface area contributed by atoms with Crippen LogP contribution in [0.2, 0.25) is 0 Å². The third-order valence-electron chi connectivity index (χ3n) is 6.17. The van der Waals surface area contributed by atoms with Crippen molar-refractivity contribution in [1.82, 2.24) is 9.80 Å². The number of hydrogen-bond donors (Lipinski definition) is 0. The molecule has 4 heteroatoms. The molecule has 2 aliphatic heterocycles. The highest BCUT2D eigenvalue weighted by atomic mass is 16.6. The Balaban J connectivity index is 1.35. The predicted octanol–water partition coefficient (Wildman–Crippen LogP) is 4.00. The second kappa shape index (κ2) is 7.28. The molecule has 2 atom stereocenters. The molecule has 138 valence electrons. The number of benzene rings is 1. The smallest absolute Gasteiger partial charge is 0.410 e. The van der Waals surface area contributed by atoms with Crippen molar-refractivity contribution in [2.45, 2.75) is 38.3 Å². The molecule has 1 aliphatic carbocycles. The van der Waals surface area contributed by atoms with E-state index in [2.05, 4.69) is 60.4 Å². The van der Waals surface area contributed by atoms with Crippen LogP contribution < -0.4 is 0 Å². The van der Waals surface area contributed by atoms with Crippen LogP contribution in [0.5, 0.6) is 0 Å². The molecule has 2 fully saturated rings. The van der Waals surface area contributed by atoms with Crippen LogP contribution in [0.4, 0.5) is 4.79 Å². The van der Waals surface area contributed by atoms with Crippen LogP contribution in [0.3, 0.4) is 0 Å². The molecule has 0 bridgehead atoms. The van der Waals surface area contributed by atoms with Gasteiger partial charge in [-0.3, -0.25) is 4.90 Å². The monoisotopic (exact) mass is 352 g/mol. The molecule has 1 amide bonds. The van der Waals surface area contributed by atoms with Gasteiger partial charge >= 0.3 is 6.09 Å². The van der Waals surface area contributed by atoms with Crippen molar-refractivity contribution in [2.24, 2.45) is 5.92 Å². The third kappa shape index (κ3) is 3.30. The molecular weight excluding hydrogens is 324 g/mol. The number of rotatable bonds is 4. The van der Waals surface area contributed by atoms with Gasteiger partial charge < -0.3 is 9.64 Å². The summed E-state index contributed by atoms with van der Waals surface area (Å²) in [4.78, 5) is 17.1. The summed E-state index contributed by atoms with van der Waals surface area (Å²) in [6, 6.07) is 10.6. The molecule has 4 rings (SSSR count). The first-order valence-electron chi connectivity index (χ1n) is 9.74. The second-order valence-corrected chi connectivity index (χ2v) is 7.87. The summed E-state index contributed by atoms with van der Waals surface area (Å²) < 4.78 is 5.62. The number of amides is 1. The lowest BCUT2D eigenvalue weighted by Gasteiger charge is -2.55. The number of allylic oxidation sites excluding steroid dienone is 2. The minimum atomic E-state index is -0.149. The summed E-state index contributed by atoms with van der Waals surface area (Å²) in [7, 11) is 0. The van der Waals surface area contributed by atoms with Crippen molar-refractivity contribution in [1.29, 1.82) is 0 Å². The van der Waals surface area contributed by atoms with E-state index in [4.69, 9.17) is 4.74 Å². The Hall–Kier alpha value is -2.07. The summed E-state index contributed by atoms with van der Waals surface area (Å²) in [5.74, 6) is 0.532. The van der Waals surface area contributed by atoms with E-state index < -0.39 is 0 Å². The lowest BCUT2D eigenvalue weighted by molar-refractivity contribution is -0.0537. The Morgan fingerprint density at radius 2 is 2.12 bits per heavy atom. The molecule has 26 heavy (non-hydrogen) atoms. The number of ether oxygens (including phenoxy) is 1. The highest BCUT2D eigenvalue weighted by molar-refractivity contribution is 5.70. The lowest BCUT2D eigenvalue weighted by atomic mass is 9.74. The van der Waals surface area contributed by atoms with Gasteiger partial charge in [0.25, 0.3) is 0 Å². The molecule has 3 aliphatic rings. The van der Waals surface area contributed by atoms with E-state index in [-0.39, 0.29) is 11.6 Å². The van der Waals surface area contributed by atoms with Crippen LogP contribution in [0.15, 0.2) is 54.1 Å². The zero-order chi connectivity index (χ0) is 18.0. The van der Waals surface area contributed by atoms with Gasteiger partial charge in [-0.25, -0.2) is 4.79 Å². The van der Waals surface area contributed by atoms with E-state index in [1.54, 1.807) is 0 Å². The van der Waals surface area contributed by atoms with E-state index >= 15 is 0 Å². The summed E-state index contributed by atoms with van der Waals surface area (Å²) in [6.07, 6.45) is 9.41. The molecule has 0 saturated carbocycles. The van der Waals surface area contributed by atoms with Crippen molar-refractivity contribution < 1.29 is 9.53 Å². The SMILES string of the molecule is C[C@H]1CN(C(=O)OCC2=CCCC=C2)[C@]12CCN(Cc1ccccc1)C2. The Labute approximate surface area is 156 Å². The number of hydrogen-bond acceptors (Lipinski definition) is 3. The summed E-state index contributed by atoms with van der Waals surface area (Å²) in [5.41, 5.74) is 2.41. The maximum Gasteiger partial charge on any atom is 0.410 e. The van der Waals surface area contributed by atoms with Crippen LogP contribution >= 0.6 is 0 Å². The first kappa shape index (κ1) is 17.3. The van der Waals surface area contributed by atoms with Gasteiger partial charge in [-0.2, -0.15) is 0 Å². The van der Waals surface area contributed by atoms with E-state index in [0.29, 0.717) is 12.5 Å². The Bertz CT molecular complexity index is 712. The molecule has 0 radical (unpaired) electrons. The molecule has 1 aromatic rings. The maximum atomic E-state index is 12.7. The van der Waals surface area contributed by atoms with Gasteiger partial charge in [0, 0.05) is 26.2 Å². The minimum absolute atomic E-state index is 0.0390. The van der Waals surface area contributed by atoms with Crippen molar-refractivity contribution >= 4 is 6.09 Å². The maximum absolute atomic E-state index is 12.7. The lowest BCUT2D eigenvalue weighted by Crippen LogP contribution is -2.69. The number of nitrogens with zero attached hydrogens (tertiary/aromatic N) is 2. The second-order valence-electron chi connectivity index (χ2n) is 7.87. The number of carbonyl (C=O) groups excluding carboxylic acids is 1. The fourth-order valence-corrected chi connectivity index (χ4v) is 4.53. The summed E-state index contributed by atoms with van der Waals surface area (Å²) in [6.45, 7) is 6.41. The van der Waals surface area contributed by atoms with Crippen LogP contribution in [-0.4, -0.2) is 47.7 Å². The van der Waals surface area contributed by atoms with E-state index in [0.717, 1.165) is 51.0 Å². The molecule has 1 spiro atoms. The average molecular weight is 352 g/mol. The molecule has 0 unspecified atom stereocenters. The molecular formula is C22H28N2O2. The zero-order valence-electron chi connectivity index (χ0n) is 15.6. The third-order valence-corrected chi connectivity index (χ3v) is 6.17. The average Bonchev–Trinajstić information content (AvgIpc) is 3.13. The Kier molecular flexibility index (Phi) is 4.86. The van der Waals surface area contributed by atoms with Crippen molar-refractivity contribution in [3.63, 3.8) is 0 Å². The van der Waals surface area contributed by atoms with Crippen molar-refractivity contribution in [2.75, 3.05) is 26.2 Å². The summed E-state index contributed by atoms with van der Waals surface area (Å²) in [5, 5.41) is 0. The van der Waals surface area contributed by atoms with Crippen molar-refractivity contribution in [3.05, 3.63) is 59.7 Å². The first-order valence-corrected chi connectivity index (χ1v) is 9.74. The van der Waals surface area contributed by atoms with Gasteiger partial charge in [-0.1, -0.05) is 55.5 Å². The zero-order valence-corrected chi connectivity index (χ0v) is 15.6. The van der Waals surface area contributed by atoms with E-state index in [1.807, 2.05) is 4.90 Å². The largest absolute Gasteiger partial charge is 0.445 e. The van der Waals surface area contributed by atoms with Gasteiger partial charge in [0.15, 0.2) is 0 Å². The normalized spacial score (nSPS) is 28.1. The molecule has 0 N–H and O–H groups in total. The number of likely N-dealkylation sites (tertiary alicyclic amines) is 2.